The number of rotatable bonds is 4. The Morgan fingerprint density at radius 2 is 2.15 bits per heavy atom. The van der Waals surface area contributed by atoms with Crippen molar-refractivity contribution in [2.24, 2.45) is 0 Å². The van der Waals surface area contributed by atoms with Gasteiger partial charge in [-0.2, -0.15) is 0 Å². The highest BCUT2D eigenvalue weighted by Gasteiger charge is 2.02. The second-order valence-electron chi connectivity index (χ2n) is 2.62. The van der Waals surface area contributed by atoms with Gasteiger partial charge in [0.2, 0.25) is 0 Å². The number of hydrogen-bond acceptors (Lipinski definition) is 2. The van der Waals surface area contributed by atoms with E-state index in [1.807, 2.05) is 18.2 Å². The molecule has 0 saturated heterocycles. The molecule has 0 heterocycles. The molecule has 0 unspecified atom stereocenters. The van der Waals surface area contributed by atoms with Crippen molar-refractivity contribution in [1.82, 2.24) is 0 Å². The minimum absolute atomic E-state index is 0.703. The summed E-state index contributed by atoms with van der Waals surface area (Å²) >= 11 is 0. The Balaban J connectivity index is 3.00. The van der Waals surface area contributed by atoms with E-state index in [1.165, 1.54) is 11.8 Å². The molecule has 0 atom stereocenters. The van der Waals surface area contributed by atoms with Crippen LogP contribution in [0.2, 0.25) is 0 Å². The lowest BCUT2D eigenvalue weighted by molar-refractivity contribution is 0.378. The molecule has 2 nitrogen and oxygen atoms in total. The summed E-state index contributed by atoms with van der Waals surface area (Å²) in [4.78, 5) is 0. The number of aryl methyl sites for hydroxylation is 1. The number of benzene rings is 1. The molecule has 0 spiro atoms. The van der Waals surface area contributed by atoms with Crippen LogP contribution in [0.15, 0.2) is 31.0 Å². The lowest BCUT2D eigenvalue weighted by Crippen LogP contribution is -1.90. The first-order valence-electron chi connectivity index (χ1n) is 4.26. The molecule has 0 aromatic heterocycles. The maximum absolute atomic E-state index is 5.17. The summed E-state index contributed by atoms with van der Waals surface area (Å²) in [5.41, 5.74) is 1.23. The molecular formula is C11H14O2. The SMILES string of the molecule is C=COc1ccc(CC)cc1OC. The molecule has 1 rings (SSSR count). The Morgan fingerprint density at radius 1 is 1.38 bits per heavy atom. The van der Waals surface area contributed by atoms with Gasteiger partial charge in [0.25, 0.3) is 0 Å². The van der Waals surface area contributed by atoms with E-state index in [9.17, 15) is 0 Å². The molecule has 0 aliphatic rings. The topological polar surface area (TPSA) is 18.5 Å². The standard InChI is InChI=1S/C11H14O2/c1-4-9-6-7-10(13-5-2)11(8-9)12-3/h5-8H,2,4H2,1,3H3. The summed E-state index contributed by atoms with van der Waals surface area (Å²) in [6.07, 6.45) is 2.38. The van der Waals surface area contributed by atoms with Gasteiger partial charge in [-0.25, -0.2) is 0 Å². The smallest absolute Gasteiger partial charge is 0.168 e. The van der Waals surface area contributed by atoms with Crippen LogP contribution in [-0.4, -0.2) is 7.11 Å². The van der Waals surface area contributed by atoms with Crippen molar-refractivity contribution < 1.29 is 9.47 Å². The summed E-state index contributed by atoms with van der Waals surface area (Å²) in [6, 6.07) is 5.87. The fraction of sp³-hybridized carbons (Fsp3) is 0.273. The Hall–Kier alpha value is -1.44. The monoisotopic (exact) mass is 178 g/mol. The molecule has 0 bridgehead atoms. The van der Waals surface area contributed by atoms with Crippen LogP contribution in [-0.2, 0) is 6.42 Å². The minimum atomic E-state index is 0.703. The van der Waals surface area contributed by atoms with Gasteiger partial charge in [0.1, 0.15) is 0 Å². The summed E-state index contributed by atoms with van der Waals surface area (Å²) < 4.78 is 10.3. The normalized spacial score (nSPS) is 9.38. The number of methoxy groups -OCH3 is 1. The molecule has 2 heteroatoms. The average Bonchev–Trinajstić information content (AvgIpc) is 2.19. The van der Waals surface area contributed by atoms with Crippen molar-refractivity contribution >= 4 is 0 Å². The van der Waals surface area contributed by atoms with Crippen LogP contribution in [0.5, 0.6) is 11.5 Å². The molecule has 0 N–H and O–H groups in total. The van der Waals surface area contributed by atoms with Gasteiger partial charge in [0.05, 0.1) is 13.4 Å². The third-order valence-corrected chi connectivity index (χ3v) is 1.85. The second kappa shape index (κ2) is 4.55. The lowest BCUT2D eigenvalue weighted by Gasteiger charge is -2.08. The molecule has 0 fully saturated rings. The van der Waals surface area contributed by atoms with E-state index in [-0.39, 0.29) is 0 Å². The maximum atomic E-state index is 5.17. The van der Waals surface area contributed by atoms with E-state index in [0.717, 1.165) is 12.2 Å². The largest absolute Gasteiger partial charge is 0.493 e. The van der Waals surface area contributed by atoms with Crippen LogP contribution in [0.3, 0.4) is 0 Å². The van der Waals surface area contributed by atoms with Crippen molar-refractivity contribution in [2.45, 2.75) is 13.3 Å². The zero-order valence-electron chi connectivity index (χ0n) is 8.04. The number of hydrogen-bond donors (Lipinski definition) is 0. The van der Waals surface area contributed by atoms with E-state index in [0.29, 0.717) is 5.75 Å². The van der Waals surface area contributed by atoms with E-state index < -0.39 is 0 Å². The quantitative estimate of drug-likeness (QED) is 0.660. The van der Waals surface area contributed by atoms with Crippen molar-refractivity contribution in [3.05, 3.63) is 36.6 Å². The predicted octanol–water partition coefficient (Wildman–Crippen LogP) is 2.78. The summed E-state index contributed by atoms with van der Waals surface area (Å²) in [7, 11) is 1.63. The van der Waals surface area contributed by atoms with Gasteiger partial charge in [0.15, 0.2) is 11.5 Å². The van der Waals surface area contributed by atoms with Crippen molar-refractivity contribution in [3.8, 4) is 11.5 Å². The Bertz CT molecular complexity index is 292. The molecule has 0 saturated carbocycles. The van der Waals surface area contributed by atoms with Crippen molar-refractivity contribution in [2.75, 3.05) is 7.11 Å². The van der Waals surface area contributed by atoms with Gasteiger partial charge in [0, 0.05) is 0 Å². The minimum Gasteiger partial charge on any atom is -0.493 e. The molecule has 0 amide bonds. The van der Waals surface area contributed by atoms with Gasteiger partial charge in [-0.3, -0.25) is 0 Å². The Kier molecular flexibility index (Phi) is 3.38. The highest BCUT2D eigenvalue weighted by molar-refractivity contribution is 5.43. The molecular weight excluding hydrogens is 164 g/mol. The molecule has 0 aliphatic heterocycles. The lowest BCUT2D eigenvalue weighted by atomic mass is 10.1. The first-order valence-corrected chi connectivity index (χ1v) is 4.26. The Labute approximate surface area is 78.8 Å². The maximum Gasteiger partial charge on any atom is 0.168 e. The van der Waals surface area contributed by atoms with Crippen LogP contribution in [0.1, 0.15) is 12.5 Å². The second-order valence-corrected chi connectivity index (χ2v) is 2.62. The zero-order valence-corrected chi connectivity index (χ0v) is 8.04. The van der Waals surface area contributed by atoms with Crippen molar-refractivity contribution in [1.29, 1.82) is 0 Å². The van der Waals surface area contributed by atoms with Crippen LogP contribution in [0.25, 0.3) is 0 Å². The zero-order chi connectivity index (χ0) is 9.68. The first kappa shape index (κ1) is 9.65. The third-order valence-electron chi connectivity index (χ3n) is 1.85. The fourth-order valence-electron chi connectivity index (χ4n) is 1.12. The van der Waals surface area contributed by atoms with Gasteiger partial charge in [-0.15, -0.1) is 0 Å². The van der Waals surface area contributed by atoms with E-state index in [2.05, 4.69) is 13.5 Å². The summed E-state index contributed by atoms with van der Waals surface area (Å²) in [6.45, 7) is 5.60. The molecule has 1 aromatic rings. The third kappa shape index (κ3) is 2.25. The summed E-state index contributed by atoms with van der Waals surface area (Å²) in [5, 5.41) is 0. The van der Waals surface area contributed by atoms with Crippen LogP contribution in [0.4, 0.5) is 0 Å². The molecule has 0 aliphatic carbocycles. The predicted molar refractivity (Wildman–Crippen MR) is 53.2 cm³/mol. The van der Waals surface area contributed by atoms with Gasteiger partial charge in [-0.1, -0.05) is 19.6 Å². The fourth-order valence-corrected chi connectivity index (χ4v) is 1.12. The molecule has 1 aromatic carbocycles. The molecule has 70 valence electrons. The van der Waals surface area contributed by atoms with Crippen LogP contribution < -0.4 is 9.47 Å². The van der Waals surface area contributed by atoms with Gasteiger partial charge in [-0.05, 0) is 24.1 Å². The Morgan fingerprint density at radius 3 is 2.69 bits per heavy atom. The highest BCUT2D eigenvalue weighted by Crippen LogP contribution is 2.28. The van der Waals surface area contributed by atoms with Crippen LogP contribution >= 0.6 is 0 Å². The molecule has 13 heavy (non-hydrogen) atoms. The van der Waals surface area contributed by atoms with Gasteiger partial charge >= 0.3 is 0 Å². The average molecular weight is 178 g/mol. The highest BCUT2D eigenvalue weighted by atomic mass is 16.5. The van der Waals surface area contributed by atoms with E-state index in [1.54, 1.807) is 7.11 Å². The molecule has 0 radical (unpaired) electrons. The number of ether oxygens (including phenoxy) is 2. The van der Waals surface area contributed by atoms with E-state index >= 15 is 0 Å². The summed E-state index contributed by atoms with van der Waals surface area (Å²) in [5.74, 6) is 1.45. The van der Waals surface area contributed by atoms with Gasteiger partial charge < -0.3 is 9.47 Å². The van der Waals surface area contributed by atoms with Crippen molar-refractivity contribution in [3.63, 3.8) is 0 Å². The van der Waals surface area contributed by atoms with E-state index in [4.69, 9.17) is 9.47 Å². The first-order chi connectivity index (χ1) is 6.31. The van der Waals surface area contributed by atoms with Crippen LogP contribution in [0, 0.1) is 0 Å².